The molecule has 9 rings (SSSR count). The molecular formula is C44H29N3O2. The smallest absolute Gasteiger partial charge is 0.197 e. The van der Waals surface area contributed by atoms with Crippen LogP contribution in [0.4, 0.5) is 17.1 Å². The highest BCUT2D eigenvalue weighted by molar-refractivity contribution is 5.98. The van der Waals surface area contributed by atoms with Crippen LogP contribution < -0.4 is 15.8 Å². The maximum atomic E-state index is 13.8. The molecule has 0 bridgehead atoms. The number of anilines is 3. The van der Waals surface area contributed by atoms with Gasteiger partial charge in [-0.1, -0.05) is 84.9 Å². The molecule has 0 spiro atoms. The van der Waals surface area contributed by atoms with E-state index in [-0.39, 0.29) is 10.9 Å². The Bertz CT molecular complexity index is 2510. The average molecular weight is 632 g/mol. The van der Waals surface area contributed by atoms with Gasteiger partial charge in [0.1, 0.15) is 0 Å². The fourth-order valence-electron chi connectivity index (χ4n) is 7.12. The topological polar surface area (TPSA) is 47.2 Å². The van der Waals surface area contributed by atoms with Crippen LogP contribution in [-0.4, -0.2) is 9.13 Å². The molecule has 2 aromatic heterocycles. The van der Waals surface area contributed by atoms with E-state index in [1.54, 1.807) is 0 Å². The quantitative estimate of drug-likeness (QED) is 0.178. The van der Waals surface area contributed by atoms with Gasteiger partial charge >= 0.3 is 0 Å². The highest BCUT2D eigenvalue weighted by Crippen LogP contribution is 2.39. The zero-order valence-corrected chi connectivity index (χ0v) is 26.4. The van der Waals surface area contributed by atoms with Crippen molar-refractivity contribution in [3.05, 3.63) is 196 Å². The number of rotatable bonds is 5. The van der Waals surface area contributed by atoms with Gasteiger partial charge in [-0.25, -0.2) is 0 Å². The Morgan fingerprint density at radius 2 is 0.633 bits per heavy atom. The molecule has 0 fully saturated rings. The molecule has 0 aliphatic rings. The van der Waals surface area contributed by atoms with Gasteiger partial charge in [0.05, 0.1) is 39.1 Å². The molecule has 49 heavy (non-hydrogen) atoms. The van der Waals surface area contributed by atoms with Crippen molar-refractivity contribution < 1.29 is 0 Å². The summed E-state index contributed by atoms with van der Waals surface area (Å²) in [6, 6.07) is 58.3. The average Bonchev–Trinajstić information content (AvgIpc) is 3.16. The van der Waals surface area contributed by atoms with Gasteiger partial charge in [-0.3, -0.25) is 9.59 Å². The summed E-state index contributed by atoms with van der Waals surface area (Å²) in [5.74, 6) is 0. The van der Waals surface area contributed by atoms with E-state index in [1.165, 1.54) is 0 Å². The first-order chi connectivity index (χ1) is 24.2. The summed E-state index contributed by atoms with van der Waals surface area (Å²) in [6.07, 6.45) is 0. The van der Waals surface area contributed by atoms with Crippen LogP contribution in [0.3, 0.4) is 0 Å². The van der Waals surface area contributed by atoms with E-state index in [4.69, 9.17) is 0 Å². The minimum atomic E-state index is 0.00595. The lowest BCUT2D eigenvalue weighted by molar-refractivity contribution is 1.11. The number of pyridine rings is 2. The van der Waals surface area contributed by atoms with Gasteiger partial charge in [0.15, 0.2) is 10.9 Å². The second kappa shape index (κ2) is 11.5. The molecule has 0 N–H and O–H groups in total. The molecule has 0 atom stereocenters. The number of aromatic nitrogens is 2. The molecule has 0 saturated heterocycles. The van der Waals surface area contributed by atoms with Crippen molar-refractivity contribution in [3.8, 4) is 11.4 Å². The minimum Gasteiger partial charge on any atom is -0.310 e. The van der Waals surface area contributed by atoms with E-state index in [9.17, 15) is 9.59 Å². The van der Waals surface area contributed by atoms with Crippen molar-refractivity contribution in [2.75, 3.05) is 4.90 Å². The molecule has 7 aromatic carbocycles. The van der Waals surface area contributed by atoms with Crippen molar-refractivity contribution in [1.29, 1.82) is 0 Å². The zero-order valence-electron chi connectivity index (χ0n) is 26.4. The van der Waals surface area contributed by atoms with Crippen molar-refractivity contribution in [2.45, 2.75) is 0 Å². The minimum absolute atomic E-state index is 0.00595. The fourth-order valence-corrected chi connectivity index (χ4v) is 7.12. The summed E-state index contributed by atoms with van der Waals surface area (Å²) in [6.45, 7) is 0. The maximum Gasteiger partial charge on any atom is 0.197 e. The molecule has 0 unspecified atom stereocenters. The number of hydrogen-bond donors (Lipinski definition) is 0. The van der Waals surface area contributed by atoms with E-state index in [0.717, 1.165) is 50.5 Å². The Morgan fingerprint density at radius 1 is 0.327 bits per heavy atom. The van der Waals surface area contributed by atoms with Crippen LogP contribution in [0.15, 0.2) is 186 Å². The summed E-state index contributed by atoms with van der Waals surface area (Å²) in [7, 11) is 0. The second-order valence-electron chi connectivity index (χ2n) is 12.1. The zero-order chi connectivity index (χ0) is 32.9. The van der Waals surface area contributed by atoms with Gasteiger partial charge in [0, 0.05) is 32.9 Å². The van der Waals surface area contributed by atoms with Gasteiger partial charge in [-0.2, -0.15) is 0 Å². The molecule has 5 heteroatoms. The Kier molecular flexibility index (Phi) is 6.69. The third-order valence-electron chi connectivity index (χ3n) is 9.25. The largest absolute Gasteiger partial charge is 0.310 e. The van der Waals surface area contributed by atoms with E-state index < -0.39 is 0 Å². The number of fused-ring (bicyclic) bond motifs is 4. The van der Waals surface area contributed by atoms with Gasteiger partial charge in [0.2, 0.25) is 0 Å². The van der Waals surface area contributed by atoms with Crippen LogP contribution >= 0.6 is 0 Å². The van der Waals surface area contributed by atoms with Crippen molar-refractivity contribution in [1.82, 2.24) is 9.13 Å². The molecule has 232 valence electrons. The Morgan fingerprint density at radius 3 is 0.980 bits per heavy atom. The van der Waals surface area contributed by atoms with Crippen LogP contribution in [0.5, 0.6) is 0 Å². The first-order valence-corrected chi connectivity index (χ1v) is 16.3. The lowest BCUT2D eigenvalue weighted by Gasteiger charge is -2.28. The predicted molar refractivity (Wildman–Crippen MR) is 202 cm³/mol. The maximum absolute atomic E-state index is 13.8. The van der Waals surface area contributed by atoms with Gasteiger partial charge in [-0.15, -0.1) is 0 Å². The van der Waals surface area contributed by atoms with Crippen LogP contribution in [0.1, 0.15) is 0 Å². The molecule has 0 radical (unpaired) electrons. The molecule has 0 aliphatic carbocycles. The molecule has 0 saturated carbocycles. The summed E-state index contributed by atoms with van der Waals surface area (Å²) in [4.78, 5) is 29.8. The Labute approximate surface area is 281 Å². The summed E-state index contributed by atoms with van der Waals surface area (Å²) in [5.41, 5.74) is 7.95. The number of nitrogens with zero attached hydrogens (tertiary/aromatic N) is 3. The number of para-hydroxylation sites is 6. The number of hydrogen-bond acceptors (Lipinski definition) is 3. The normalized spacial score (nSPS) is 11.4. The van der Waals surface area contributed by atoms with Crippen molar-refractivity contribution >= 4 is 60.7 Å². The molecule has 0 amide bonds. The van der Waals surface area contributed by atoms with E-state index >= 15 is 0 Å². The fraction of sp³-hybridized carbons (Fsp3) is 0. The SMILES string of the molecule is O=c1c2ccccc2n(-c2cc(N(c3ccccc3)c3ccccc3)cc(-n3c4ccccc4c(=O)c4ccccc43)c2)c2ccccc12. The van der Waals surface area contributed by atoms with Gasteiger partial charge in [0.25, 0.3) is 0 Å². The third kappa shape index (κ3) is 4.63. The Balaban J connectivity index is 1.46. The van der Waals surface area contributed by atoms with Gasteiger partial charge < -0.3 is 14.0 Å². The summed E-state index contributed by atoms with van der Waals surface area (Å²) in [5, 5.41) is 2.59. The number of benzene rings is 7. The predicted octanol–water partition coefficient (Wildman–Crippen LogP) is 10.1. The first-order valence-electron chi connectivity index (χ1n) is 16.3. The van der Waals surface area contributed by atoms with Crippen molar-refractivity contribution in [2.24, 2.45) is 0 Å². The standard InChI is InChI=1S/C44H29N3O2/c48-43-35-19-7-11-23-39(35)46(40-24-12-8-20-36(40)43)33-27-32(45(30-15-3-1-4-16-30)31-17-5-2-6-18-31)28-34(29-33)47-41-25-13-9-21-37(41)44(49)38-22-10-14-26-42(38)47/h1-29H. The second-order valence-corrected chi connectivity index (χ2v) is 12.1. The first kappa shape index (κ1) is 28.5. The lowest BCUT2D eigenvalue weighted by atomic mass is 10.1. The van der Waals surface area contributed by atoms with E-state index in [0.29, 0.717) is 21.5 Å². The molecule has 0 aliphatic heterocycles. The van der Waals surface area contributed by atoms with Crippen LogP contribution in [0.25, 0.3) is 55.0 Å². The lowest BCUT2D eigenvalue weighted by Crippen LogP contribution is -2.15. The molecule has 2 heterocycles. The molecule has 5 nitrogen and oxygen atoms in total. The Hall–Kier alpha value is -6.72. The highest BCUT2D eigenvalue weighted by Gasteiger charge is 2.20. The summed E-state index contributed by atoms with van der Waals surface area (Å²) >= 11 is 0. The monoisotopic (exact) mass is 631 g/mol. The van der Waals surface area contributed by atoms with Crippen molar-refractivity contribution in [3.63, 3.8) is 0 Å². The van der Waals surface area contributed by atoms with Crippen LogP contribution in [-0.2, 0) is 0 Å². The van der Waals surface area contributed by atoms with E-state index in [1.807, 2.05) is 133 Å². The molecule has 9 aromatic rings. The highest BCUT2D eigenvalue weighted by atomic mass is 16.1. The van der Waals surface area contributed by atoms with Crippen LogP contribution in [0, 0.1) is 0 Å². The summed E-state index contributed by atoms with van der Waals surface area (Å²) < 4.78 is 4.36. The molecular weight excluding hydrogens is 603 g/mol. The van der Waals surface area contributed by atoms with Crippen LogP contribution in [0.2, 0.25) is 0 Å². The van der Waals surface area contributed by atoms with Gasteiger partial charge in [-0.05, 0) is 91.0 Å². The third-order valence-corrected chi connectivity index (χ3v) is 9.25. The van der Waals surface area contributed by atoms with E-state index in [2.05, 4.69) is 56.5 Å².